The van der Waals surface area contributed by atoms with E-state index in [1.807, 2.05) is 6.92 Å². The first kappa shape index (κ1) is 13.8. The summed E-state index contributed by atoms with van der Waals surface area (Å²) in [5.74, 6) is -0.905. The van der Waals surface area contributed by atoms with Gasteiger partial charge in [0, 0.05) is 5.54 Å². The summed E-state index contributed by atoms with van der Waals surface area (Å²) in [6.07, 6.45) is 4.73. The maximum absolute atomic E-state index is 12.4. The molecule has 2 aliphatic rings. The minimum Gasteiger partial charge on any atom is -0.469 e. The average molecular weight is 275 g/mol. The van der Waals surface area contributed by atoms with E-state index < -0.39 is 27.2 Å². The van der Waals surface area contributed by atoms with Gasteiger partial charge in [-0.2, -0.15) is 0 Å². The number of carbonyl (C=O) groups is 1. The Hall–Kier alpha value is -0.620. The van der Waals surface area contributed by atoms with Crippen LogP contribution >= 0.6 is 0 Å². The molecule has 2 unspecified atom stereocenters. The summed E-state index contributed by atoms with van der Waals surface area (Å²) < 4.78 is 32.2. The van der Waals surface area contributed by atoms with Crippen LogP contribution < -0.4 is 4.72 Å². The molecule has 0 radical (unpaired) electrons. The maximum atomic E-state index is 12.4. The lowest BCUT2D eigenvalue weighted by Gasteiger charge is -2.39. The van der Waals surface area contributed by atoms with E-state index >= 15 is 0 Å². The topological polar surface area (TPSA) is 72.5 Å². The van der Waals surface area contributed by atoms with Crippen LogP contribution in [0.2, 0.25) is 0 Å². The molecule has 2 fully saturated rings. The molecule has 2 saturated carbocycles. The van der Waals surface area contributed by atoms with Crippen LogP contribution in [0.4, 0.5) is 0 Å². The van der Waals surface area contributed by atoms with Crippen molar-refractivity contribution in [3.8, 4) is 0 Å². The second kappa shape index (κ2) is 4.81. The molecule has 2 atom stereocenters. The molecule has 0 spiro atoms. The SMILES string of the molecule is COC(=O)C1CCCC1S(=O)(=O)NC1(C)CCC1. The molecule has 5 nitrogen and oxygen atoms in total. The quantitative estimate of drug-likeness (QED) is 0.782. The van der Waals surface area contributed by atoms with Crippen molar-refractivity contribution in [2.45, 2.75) is 56.2 Å². The summed E-state index contributed by atoms with van der Waals surface area (Å²) in [6, 6.07) is 0. The minimum absolute atomic E-state index is 0.303. The maximum Gasteiger partial charge on any atom is 0.310 e. The van der Waals surface area contributed by atoms with Crippen molar-refractivity contribution in [1.82, 2.24) is 4.72 Å². The number of hydrogen-bond acceptors (Lipinski definition) is 4. The molecule has 104 valence electrons. The third-order valence-electron chi connectivity index (χ3n) is 4.20. The number of sulfonamides is 1. The van der Waals surface area contributed by atoms with Gasteiger partial charge in [0.1, 0.15) is 0 Å². The summed E-state index contributed by atoms with van der Waals surface area (Å²) in [7, 11) is -2.12. The van der Waals surface area contributed by atoms with E-state index in [9.17, 15) is 13.2 Å². The number of ether oxygens (including phenoxy) is 1. The highest BCUT2D eigenvalue weighted by Gasteiger charge is 2.45. The van der Waals surface area contributed by atoms with Crippen LogP contribution in [0.25, 0.3) is 0 Å². The van der Waals surface area contributed by atoms with Crippen LogP contribution in [-0.4, -0.2) is 32.3 Å². The molecule has 0 heterocycles. The van der Waals surface area contributed by atoms with Crippen molar-refractivity contribution in [3.05, 3.63) is 0 Å². The average Bonchev–Trinajstić information content (AvgIpc) is 2.75. The summed E-state index contributed by atoms with van der Waals surface area (Å²) in [5, 5.41) is -0.623. The molecule has 2 aliphatic carbocycles. The number of nitrogens with one attached hydrogen (secondary N) is 1. The highest BCUT2D eigenvalue weighted by Crippen LogP contribution is 2.36. The van der Waals surface area contributed by atoms with E-state index in [1.165, 1.54) is 7.11 Å². The fraction of sp³-hybridized carbons (Fsp3) is 0.917. The van der Waals surface area contributed by atoms with Crippen LogP contribution in [0.1, 0.15) is 45.4 Å². The number of hydrogen-bond donors (Lipinski definition) is 1. The summed E-state index contributed by atoms with van der Waals surface area (Å²) in [4.78, 5) is 11.6. The Balaban J connectivity index is 2.11. The Morgan fingerprint density at radius 3 is 2.44 bits per heavy atom. The fourth-order valence-corrected chi connectivity index (χ4v) is 5.15. The lowest BCUT2D eigenvalue weighted by Crippen LogP contribution is -2.54. The van der Waals surface area contributed by atoms with Crippen LogP contribution in [0, 0.1) is 5.92 Å². The van der Waals surface area contributed by atoms with Gasteiger partial charge in [0.25, 0.3) is 0 Å². The molecule has 2 rings (SSSR count). The molecule has 0 aromatic heterocycles. The minimum atomic E-state index is -3.43. The van der Waals surface area contributed by atoms with Crippen LogP contribution in [0.5, 0.6) is 0 Å². The predicted octanol–water partition coefficient (Wildman–Crippen LogP) is 1.19. The third kappa shape index (κ3) is 2.54. The molecule has 6 heteroatoms. The number of esters is 1. The van der Waals surface area contributed by atoms with Gasteiger partial charge in [0.2, 0.25) is 10.0 Å². The normalized spacial score (nSPS) is 30.8. The van der Waals surface area contributed by atoms with Crippen molar-refractivity contribution >= 4 is 16.0 Å². The first-order valence-electron chi connectivity index (χ1n) is 6.49. The second-order valence-corrected chi connectivity index (χ2v) is 7.56. The highest BCUT2D eigenvalue weighted by molar-refractivity contribution is 7.90. The molecule has 0 amide bonds. The zero-order chi connectivity index (χ0) is 13.4. The van der Waals surface area contributed by atoms with Gasteiger partial charge in [-0.05, 0) is 39.0 Å². The van der Waals surface area contributed by atoms with Crippen LogP contribution in [0.15, 0.2) is 0 Å². The smallest absolute Gasteiger partial charge is 0.310 e. The Morgan fingerprint density at radius 1 is 1.28 bits per heavy atom. The van der Waals surface area contributed by atoms with Gasteiger partial charge in [0.15, 0.2) is 0 Å². The van der Waals surface area contributed by atoms with Crippen molar-refractivity contribution in [1.29, 1.82) is 0 Å². The van der Waals surface area contributed by atoms with Crippen molar-refractivity contribution < 1.29 is 17.9 Å². The summed E-state index contributed by atoms with van der Waals surface area (Å²) in [6.45, 7) is 1.93. The molecule has 18 heavy (non-hydrogen) atoms. The Bertz CT molecular complexity index is 427. The summed E-state index contributed by atoms with van der Waals surface area (Å²) in [5.41, 5.74) is -0.303. The molecular formula is C12H21NO4S. The number of carbonyl (C=O) groups excluding carboxylic acids is 1. The van der Waals surface area contributed by atoms with Gasteiger partial charge in [-0.15, -0.1) is 0 Å². The Labute approximate surface area is 108 Å². The number of methoxy groups -OCH3 is 1. The molecular weight excluding hydrogens is 254 g/mol. The lowest BCUT2D eigenvalue weighted by molar-refractivity contribution is -0.145. The summed E-state index contributed by atoms with van der Waals surface area (Å²) >= 11 is 0. The van der Waals surface area contributed by atoms with E-state index in [0.717, 1.165) is 25.7 Å². The van der Waals surface area contributed by atoms with Crippen molar-refractivity contribution in [2.75, 3.05) is 7.11 Å². The van der Waals surface area contributed by atoms with E-state index in [0.29, 0.717) is 12.8 Å². The van der Waals surface area contributed by atoms with Gasteiger partial charge >= 0.3 is 5.97 Å². The first-order chi connectivity index (χ1) is 8.38. The first-order valence-corrected chi connectivity index (χ1v) is 8.03. The largest absolute Gasteiger partial charge is 0.469 e. The monoisotopic (exact) mass is 275 g/mol. The van der Waals surface area contributed by atoms with Gasteiger partial charge in [0.05, 0.1) is 18.3 Å². The molecule has 0 aromatic rings. The van der Waals surface area contributed by atoms with Crippen molar-refractivity contribution in [3.63, 3.8) is 0 Å². The van der Waals surface area contributed by atoms with Gasteiger partial charge in [-0.1, -0.05) is 6.42 Å². The van der Waals surface area contributed by atoms with Gasteiger partial charge in [-0.3, -0.25) is 4.79 Å². The third-order valence-corrected chi connectivity index (χ3v) is 6.34. The van der Waals surface area contributed by atoms with E-state index in [2.05, 4.69) is 4.72 Å². The van der Waals surface area contributed by atoms with E-state index in [-0.39, 0.29) is 5.54 Å². The van der Waals surface area contributed by atoms with Crippen LogP contribution in [-0.2, 0) is 19.6 Å². The zero-order valence-corrected chi connectivity index (χ0v) is 11.8. The molecule has 1 N–H and O–H groups in total. The van der Waals surface area contributed by atoms with E-state index in [4.69, 9.17) is 4.74 Å². The molecule has 0 aromatic carbocycles. The van der Waals surface area contributed by atoms with Crippen molar-refractivity contribution in [2.24, 2.45) is 5.92 Å². The zero-order valence-electron chi connectivity index (χ0n) is 10.9. The van der Waals surface area contributed by atoms with Crippen LogP contribution in [0.3, 0.4) is 0 Å². The predicted molar refractivity (Wildman–Crippen MR) is 67.5 cm³/mol. The molecule has 0 saturated heterocycles. The standard InChI is InChI=1S/C12H21NO4S/c1-12(7-4-8-12)13-18(15,16)10-6-3-5-9(10)11(14)17-2/h9-10,13H,3-8H2,1-2H3. The second-order valence-electron chi connectivity index (χ2n) is 5.66. The van der Waals surface area contributed by atoms with Gasteiger partial charge in [-0.25, -0.2) is 13.1 Å². The van der Waals surface area contributed by atoms with E-state index in [1.54, 1.807) is 0 Å². The molecule has 0 bridgehead atoms. The molecule has 0 aliphatic heterocycles. The van der Waals surface area contributed by atoms with Gasteiger partial charge < -0.3 is 4.74 Å². The lowest BCUT2D eigenvalue weighted by atomic mass is 9.80. The fourth-order valence-electron chi connectivity index (χ4n) is 2.95. The highest BCUT2D eigenvalue weighted by atomic mass is 32.2. The number of rotatable bonds is 4. The Kier molecular flexibility index (Phi) is 3.69. The Morgan fingerprint density at radius 2 is 1.94 bits per heavy atom.